The average molecular weight is 403 g/mol. The lowest BCUT2D eigenvalue weighted by Crippen LogP contribution is -2.41. The molecular weight excluding hydrogens is 372 g/mol. The largest absolute Gasteiger partial charge is 0.355 e. The lowest BCUT2D eigenvalue weighted by atomic mass is 10.1. The number of sulfonamides is 1. The van der Waals surface area contributed by atoms with E-state index in [1.807, 2.05) is 39.0 Å². The van der Waals surface area contributed by atoms with Gasteiger partial charge in [-0.25, -0.2) is 8.42 Å². The van der Waals surface area contributed by atoms with Gasteiger partial charge in [0.2, 0.25) is 15.9 Å². The van der Waals surface area contributed by atoms with E-state index in [0.29, 0.717) is 12.2 Å². The molecule has 5 nitrogen and oxygen atoms in total. The van der Waals surface area contributed by atoms with Gasteiger partial charge in [0.25, 0.3) is 0 Å². The third kappa shape index (κ3) is 6.09. The van der Waals surface area contributed by atoms with Gasteiger partial charge in [0.15, 0.2) is 0 Å². The number of carbonyl (C=O) groups is 1. The number of rotatable bonds is 8. The van der Waals surface area contributed by atoms with Crippen LogP contribution in [-0.2, 0) is 21.2 Å². The van der Waals surface area contributed by atoms with Crippen molar-refractivity contribution in [3.63, 3.8) is 0 Å². The van der Waals surface area contributed by atoms with Gasteiger partial charge in [-0.15, -0.1) is 0 Å². The molecule has 0 aliphatic heterocycles. The van der Waals surface area contributed by atoms with Crippen LogP contribution in [0.3, 0.4) is 0 Å². The fraction of sp³-hybridized carbons (Fsp3) is 0.409. The fourth-order valence-corrected chi connectivity index (χ4v) is 4.47. The van der Waals surface area contributed by atoms with Gasteiger partial charge in [-0.2, -0.15) is 0 Å². The van der Waals surface area contributed by atoms with Crippen LogP contribution in [0.4, 0.5) is 5.69 Å². The Hall–Kier alpha value is -2.34. The van der Waals surface area contributed by atoms with Crippen LogP contribution >= 0.6 is 0 Å². The Kier molecular flexibility index (Phi) is 7.24. The third-order valence-electron chi connectivity index (χ3n) is 4.62. The van der Waals surface area contributed by atoms with Gasteiger partial charge < -0.3 is 5.32 Å². The minimum absolute atomic E-state index is 0.214. The predicted octanol–water partition coefficient (Wildman–Crippen LogP) is 3.44. The molecule has 152 valence electrons. The summed E-state index contributed by atoms with van der Waals surface area (Å²) in [6, 6.07) is 12.2. The Labute approximate surface area is 168 Å². The van der Waals surface area contributed by atoms with Crippen LogP contribution in [0.25, 0.3) is 0 Å². The van der Waals surface area contributed by atoms with E-state index in [-0.39, 0.29) is 12.5 Å². The number of benzene rings is 2. The molecule has 0 aliphatic carbocycles. The minimum atomic E-state index is -3.58. The number of carbonyl (C=O) groups excluding carboxylic acids is 1. The summed E-state index contributed by atoms with van der Waals surface area (Å²) in [5, 5.41) is 2.85. The van der Waals surface area contributed by atoms with E-state index >= 15 is 0 Å². The molecule has 2 aromatic carbocycles. The topological polar surface area (TPSA) is 66.5 Å². The summed E-state index contributed by atoms with van der Waals surface area (Å²) in [5.74, 6) is -0.297. The standard InChI is InChI=1S/C22H30N2O3S/c1-16-8-6-9-20(14-16)10-7-11-23-21(25)15-24(28(5,26)27)22-18(3)12-17(2)13-19(22)4/h6,8-9,12-14H,7,10-11,15H2,1-5H3,(H,23,25). The molecule has 0 radical (unpaired) electrons. The van der Waals surface area contributed by atoms with Crippen molar-refractivity contribution in [1.29, 1.82) is 0 Å². The Morgan fingerprint density at radius 3 is 2.21 bits per heavy atom. The van der Waals surface area contributed by atoms with Crippen LogP contribution in [0.1, 0.15) is 34.2 Å². The third-order valence-corrected chi connectivity index (χ3v) is 5.73. The first-order valence-corrected chi connectivity index (χ1v) is 11.3. The first-order valence-electron chi connectivity index (χ1n) is 9.45. The zero-order valence-corrected chi connectivity index (χ0v) is 18.2. The van der Waals surface area contributed by atoms with E-state index in [1.54, 1.807) is 0 Å². The first kappa shape index (κ1) is 22.0. The molecule has 1 amide bonds. The highest BCUT2D eigenvalue weighted by molar-refractivity contribution is 7.92. The van der Waals surface area contributed by atoms with Crippen LogP contribution in [0.5, 0.6) is 0 Å². The van der Waals surface area contributed by atoms with Gasteiger partial charge in [-0.3, -0.25) is 9.10 Å². The smallest absolute Gasteiger partial charge is 0.240 e. The minimum Gasteiger partial charge on any atom is -0.355 e. The second-order valence-corrected chi connectivity index (χ2v) is 9.37. The van der Waals surface area contributed by atoms with Crippen molar-refractivity contribution in [2.24, 2.45) is 0 Å². The molecule has 2 rings (SSSR count). The van der Waals surface area contributed by atoms with Gasteiger partial charge in [0.05, 0.1) is 11.9 Å². The highest BCUT2D eigenvalue weighted by Crippen LogP contribution is 2.28. The molecular formula is C22H30N2O3S. The van der Waals surface area contributed by atoms with Crippen molar-refractivity contribution < 1.29 is 13.2 Å². The SMILES string of the molecule is Cc1cccc(CCCNC(=O)CN(c2c(C)cc(C)cc2C)S(C)(=O)=O)c1. The highest BCUT2D eigenvalue weighted by Gasteiger charge is 2.24. The van der Waals surface area contributed by atoms with Crippen LogP contribution < -0.4 is 9.62 Å². The molecule has 28 heavy (non-hydrogen) atoms. The summed E-state index contributed by atoms with van der Waals surface area (Å²) in [5.41, 5.74) is 5.79. The van der Waals surface area contributed by atoms with Crippen molar-refractivity contribution in [2.75, 3.05) is 23.7 Å². The van der Waals surface area contributed by atoms with E-state index in [0.717, 1.165) is 35.8 Å². The summed E-state index contributed by atoms with van der Waals surface area (Å²) < 4.78 is 25.9. The van der Waals surface area contributed by atoms with Crippen LogP contribution in [-0.4, -0.2) is 33.7 Å². The van der Waals surface area contributed by atoms with Gasteiger partial charge in [-0.05, 0) is 57.2 Å². The molecule has 0 spiro atoms. The van der Waals surface area contributed by atoms with E-state index in [2.05, 4.69) is 30.4 Å². The van der Waals surface area contributed by atoms with Crippen LogP contribution in [0, 0.1) is 27.7 Å². The Bertz CT molecular complexity index is 929. The molecule has 0 unspecified atom stereocenters. The molecule has 2 aromatic rings. The zero-order chi connectivity index (χ0) is 20.9. The number of nitrogens with one attached hydrogen (secondary N) is 1. The summed E-state index contributed by atoms with van der Waals surface area (Å²) >= 11 is 0. The normalized spacial score (nSPS) is 11.3. The molecule has 0 atom stereocenters. The molecule has 0 saturated heterocycles. The number of amides is 1. The van der Waals surface area contributed by atoms with Gasteiger partial charge >= 0.3 is 0 Å². The Balaban J connectivity index is 2.00. The maximum atomic E-state index is 12.4. The second-order valence-electron chi connectivity index (χ2n) is 7.46. The van der Waals surface area contributed by atoms with E-state index in [9.17, 15) is 13.2 Å². The molecule has 0 saturated carbocycles. The van der Waals surface area contributed by atoms with E-state index in [4.69, 9.17) is 0 Å². The molecule has 0 aliphatic rings. The zero-order valence-electron chi connectivity index (χ0n) is 17.4. The van der Waals surface area contributed by atoms with Crippen molar-refractivity contribution in [3.8, 4) is 0 Å². The lowest BCUT2D eigenvalue weighted by Gasteiger charge is -2.26. The maximum Gasteiger partial charge on any atom is 0.240 e. The highest BCUT2D eigenvalue weighted by atomic mass is 32.2. The Morgan fingerprint density at radius 1 is 1.00 bits per heavy atom. The quantitative estimate of drug-likeness (QED) is 0.688. The summed E-state index contributed by atoms with van der Waals surface area (Å²) in [7, 11) is -3.58. The van der Waals surface area contributed by atoms with E-state index in [1.165, 1.54) is 15.4 Å². The van der Waals surface area contributed by atoms with Crippen LogP contribution in [0.15, 0.2) is 36.4 Å². The summed E-state index contributed by atoms with van der Waals surface area (Å²) in [6.07, 6.45) is 2.81. The lowest BCUT2D eigenvalue weighted by molar-refractivity contribution is -0.119. The van der Waals surface area contributed by atoms with Crippen LogP contribution in [0.2, 0.25) is 0 Å². The van der Waals surface area contributed by atoms with Crippen molar-refractivity contribution in [3.05, 3.63) is 64.2 Å². The summed E-state index contributed by atoms with van der Waals surface area (Å²) in [4.78, 5) is 12.4. The number of anilines is 1. The van der Waals surface area contributed by atoms with Crippen molar-refractivity contribution in [1.82, 2.24) is 5.32 Å². The average Bonchev–Trinajstić information content (AvgIpc) is 2.56. The number of aryl methyl sites for hydroxylation is 5. The van der Waals surface area contributed by atoms with Crippen molar-refractivity contribution >= 4 is 21.6 Å². The van der Waals surface area contributed by atoms with Gasteiger partial charge in [0.1, 0.15) is 6.54 Å². The molecule has 1 N–H and O–H groups in total. The summed E-state index contributed by atoms with van der Waals surface area (Å²) in [6.45, 7) is 8.06. The number of hydrogen-bond donors (Lipinski definition) is 1. The number of hydrogen-bond acceptors (Lipinski definition) is 3. The van der Waals surface area contributed by atoms with E-state index < -0.39 is 10.0 Å². The molecule has 0 fully saturated rings. The Morgan fingerprint density at radius 2 is 1.64 bits per heavy atom. The molecule has 0 heterocycles. The predicted molar refractivity (Wildman–Crippen MR) is 115 cm³/mol. The monoisotopic (exact) mass is 402 g/mol. The second kappa shape index (κ2) is 9.24. The fourth-order valence-electron chi connectivity index (χ4n) is 3.50. The van der Waals surface area contributed by atoms with Crippen molar-refractivity contribution in [2.45, 2.75) is 40.5 Å². The molecule has 0 aromatic heterocycles. The van der Waals surface area contributed by atoms with Gasteiger partial charge in [-0.1, -0.05) is 47.5 Å². The first-order chi connectivity index (χ1) is 13.1. The molecule has 0 bridgehead atoms. The maximum absolute atomic E-state index is 12.4. The molecule has 6 heteroatoms. The van der Waals surface area contributed by atoms with Gasteiger partial charge in [0, 0.05) is 6.54 Å². The number of nitrogens with zero attached hydrogens (tertiary/aromatic N) is 1.